The summed E-state index contributed by atoms with van der Waals surface area (Å²) in [5, 5.41) is 14.3. The Balaban J connectivity index is 1.40. The minimum atomic E-state index is -4.53. The lowest BCUT2D eigenvalue weighted by Gasteiger charge is -2.28. The summed E-state index contributed by atoms with van der Waals surface area (Å²) in [7, 11) is 0. The van der Waals surface area contributed by atoms with Crippen molar-refractivity contribution in [2.45, 2.75) is 64.2 Å². The zero-order valence-electron chi connectivity index (χ0n) is 22.1. The Morgan fingerprint density at radius 2 is 2.02 bits per heavy atom. The molecule has 5 rings (SSSR count). The van der Waals surface area contributed by atoms with E-state index in [1.165, 1.54) is 12.3 Å². The van der Waals surface area contributed by atoms with Gasteiger partial charge in [-0.1, -0.05) is 11.2 Å². The zero-order valence-corrected chi connectivity index (χ0v) is 22.1. The van der Waals surface area contributed by atoms with Crippen LogP contribution >= 0.6 is 0 Å². The molecular formula is C26H29F4N7O3. The molecule has 214 valence electrons. The summed E-state index contributed by atoms with van der Waals surface area (Å²) >= 11 is 0. The van der Waals surface area contributed by atoms with Gasteiger partial charge >= 0.3 is 6.18 Å². The number of benzene rings is 1. The fraction of sp³-hybridized carbons (Fsp3) is 0.462. The molecule has 2 N–H and O–H groups in total. The number of nitrogens with zero attached hydrogens (tertiary/aromatic N) is 5. The van der Waals surface area contributed by atoms with Gasteiger partial charge in [-0.2, -0.15) is 23.3 Å². The van der Waals surface area contributed by atoms with Crippen LogP contribution in [0.5, 0.6) is 0 Å². The SMILES string of the molecule is CC(C)(C)n1cc(C(=O)NCc2nc(-c3cc4c(N[C@@H]5CCOC[C@@H]5F)cccc4n3CC(F)(F)F)no2)cn1. The summed E-state index contributed by atoms with van der Waals surface area (Å²) < 4.78 is 68.3. The molecule has 1 amide bonds. The molecule has 0 aliphatic carbocycles. The summed E-state index contributed by atoms with van der Waals surface area (Å²) in [6, 6.07) is 5.82. The highest BCUT2D eigenvalue weighted by molar-refractivity contribution is 5.96. The molecule has 1 aromatic carbocycles. The van der Waals surface area contributed by atoms with Gasteiger partial charge in [0.2, 0.25) is 11.7 Å². The fourth-order valence-electron chi connectivity index (χ4n) is 4.51. The van der Waals surface area contributed by atoms with E-state index in [1.54, 1.807) is 29.1 Å². The highest BCUT2D eigenvalue weighted by Crippen LogP contribution is 2.35. The van der Waals surface area contributed by atoms with E-state index < -0.39 is 30.8 Å². The van der Waals surface area contributed by atoms with Gasteiger partial charge in [0, 0.05) is 23.9 Å². The Bertz CT molecular complexity index is 1500. The second-order valence-electron chi connectivity index (χ2n) is 10.6. The van der Waals surface area contributed by atoms with Crippen molar-refractivity contribution >= 4 is 22.5 Å². The van der Waals surface area contributed by atoms with E-state index in [4.69, 9.17) is 9.26 Å². The monoisotopic (exact) mass is 563 g/mol. The molecule has 14 heteroatoms. The van der Waals surface area contributed by atoms with E-state index in [9.17, 15) is 22.4 Å². The summed E-state index contributed by atoms with van der Waals surface area (Å²) in [6.45, 7) is 4.74. The Morgan fingerprint density at radius 3 is 2.73 bits per heavy atom. The van der Waals surface area contributed by atoms with Crippen LogP contribution in [0, 0.1) is 0 Å². The topological polar surface area (TPSA) is 112 Å². The average Bonchev–Trinajstić information content (AvgIpc) is 3.62. The van der Waals surface area contributed by atoms with E-state index in [-0.39, 0.29) is 41.6 Å². The zero-order chi connectivity index (χ0) is 28.7. The molecule has 0 bridgehead atoms. The maximum Gasteiger partial charge on any atom is 0.406 e. The van der Waals surface area contributed by atoms with Crippen LogP contribution in [0.2, 0.25) is 0 Å². The Labute approximate surface area is 226 Å². The Hall–Kier alpha value is -3.94. The maximum atomic E-state index is 14.4. The number of hydrogen-bond donors (Lipinski definition) is 2. The van der Waals surface area contributed by atoms with Crippen molar-refractivity contribution in [1.82, 2.24) is 29.8 Å². The first-order valence-electron chi connectivity index (χ1n) is 12.7. The third kappa shape index (κ3) is 5.96. The number of fused-ring (bicyclic) bond motifs is 1. The molecule has 0 saturated carbocycles. The standard InChI is InChI=1S/C26H29F4N7O3/c1-25(2,3)37-12-15(10-32-37)24(38)31-11-22-34-23(35-40-22)21-9-16-18(33-19-7-8-39-13-17(19)27)5-4-6-20(16)36(21)14-26(28,29)30/h4-6,9-10,12,17,19,33H,7-8,11,13-14H2,1-3H3,(H,31,38)/t17-,19+/m0/s1. The predicted molar refractivity (Wildman–Crippen MR) is 137 cm³/mol. The molecule has 10 nitrogen and oxygen atoms in total. The smallest absolute Gasteiger partial charge is 0.379 e. The Kier molecular flexibility index (Phi) is 7.29. The van der Waals surface area contributed by atoms with Crippen LogP contribution in [0.3, 0.4) is 0 Å². The van der Waals surface area contributed by atoms with Gasteiger partial charge in [0.05, 0.1) is 47.7 Å². The number of hydrogen-bond acceptors (Lipinski definition) is 7. The van der Waals surface area contributed by atoms with Gasteiger partial charge in [-0.3, -0.25) is 9.48 Å². The van der Waals surface area contributed by atoms with Crippen molar-refractivity contribution in [2.24, 2.45) is 0 Å². The number of ether oxygens (including phenoxy) is 1. The van der Waals surface area contributed by atoms with Gasteiger partial charge < -0.3 is 24.5 Å². The van der Waals surface area contributed by atoms with Gasteiger partial charge in [0.25, 0.3) is 5.91 Å². The summed E-state index contributed by atoms with van der Waals surface area (Å²) in [4.78, 5) is 16.8. The fourth-order valence-corrected chi connectivity index (χ4v) is 4.51. The number of nitrogens with one attached hydrogen (secondary N) is 2. The third-order valence-corrected chi connectivity index (χ3v) is 6.54. The van der Waals surface area contributed by atoms with Crippen LogP contribution in [-0.2, 0) is 23.4 Å². The van der Waals surface area contributed by atoms with Gasteiger partial charge in [-0.25, -0.2) is 4.39 Å². The molecule has 4 heterocycles. The summed E-state index contributed by atoms with van der Waals surface area (Å²) in [5.41, 5.74) is 0.859. The van der Waals surface area contributed by atoms with Gasteiger partial charge in [0.1, 0.15) is 12.7 Å². The highest BCUT2D eigenvalue weighted by atomic mass is 19.4. The molecule has 4 aromatic rings. The average molecular weight is 564 g/mol. The van der Waals surface area contributed by atoms with E-state index >= 15 is 0 Å². The lowest BCUT2D eigenvalue weighted by molar-refractivity contribution is -0.139. The molecule has 3 aromatic heterocycles. The van der Waals surface area contributed by atoms with Gasteiger partial charge in [-0.15, -0.1) is 0 Å². The molecule has 0 unspecified atom stereocenters. The number of anilines is 1. The maximum absolute atomic E-state index is 14.4. The molecule has 1 fully saturated rings. The number of alkyl halides is 4. The van der Waals surface area contributed by atoms with Crippen LogP contribution in [0.15, 0.2) is 41.2 Å². The number of halogens is 4. The number of carbonyl (C=O) groups excluding carboxylic acids is 1. The second-order valence-corrected chi connectivity index (χ2v) is 10.6. The van der Waals surface area contributed by atoms with Crippen LogP contribution in [-0.4, -0.2) is 62.0 Å². The van der Waals surface area contributed by atoms with Crippen molar-refractivity contribution in [2.75, 3.05) is 18.5 Å². The van der Waals surface area contributed by atoms with E-state index in [0.717, 1.165) is 4.57 Å². The minimum Gasteiger partial charge on any atom is -0.379 e. The van der Waals surface area contributed by atoms with E-state index in [0.29, 0.717) is 29.7 Å². The predicted octanol–water partition coefficient (Wildman–Crippen LogP) is 4.67. The van der Waals surface area contributed by atoms with Crippen LogP contribution in [0.1, 0.15) is 43.4 Å². The van der Waals surface area contributed by atoms with Crippen molar-refractivity contribution in [3.8, 4) is 11.5 Å². The normalized spacial score (nSPS) is 18.3. The summed E-state index contributed by atoms with van der Waals surface area (Å²) in [6.07, 6.45) is -2.32. The van der Waals surface area contributed by atoms with Gasteiger partial charge in [-0.05, 0) is 45.4 Å². The van der Waals surface area contributed by atoms with Crippen molar-refractivity contribution < 1.29 is 31.6 Å². The highest BCUT2D eigenvalue weighted by Gasteiger charge is 2.32. The first kappa shape index (κ1) is 27.6. The van der Waals surface area contributed by atoms with Gasteiger partial charge in [0.15, 0.2) is 0 Å². The van der Waals surface area contributed by atoms with Crippen LogP contribution < -0.4 is 10.6 Å². The molecule has 1 saturated heterocycles. The molecular weight excluding hydrogens is 534 g/mol. The Morgan fingerprint density at radius 1 is 1.23 bits per heavy atom. The number of carbonyl (C=O) groups is 1. The molecule has 0 spiro atoms. The second kappa shape index (κ2) is 10.6. The molecule has 40 heavy (non-hydrogen) atoms. The number of amides is 1. The third-order valence-electron chi connectivity index (χ3n) is 6.54. The molecule has 1 aliphatic rings. The molecule has 2 atom stereocenters. The summed E-state index contributed by atoms with van der Waals surface area (Å²) in [5.74, 6) is -0.488. The number of aromatic nitrogens is 5. The lowest BCUT2D eigenvalue weighted by Crippen LogP contribution is -2.39. The van der Waals surface area contributed by atoms with Crippen LogP contribution in [0.4, 0.5) is 23.2 Å². The first-order valence-corrected chi connectivity index (χ1v) is 12.7. The molecule has 1 aliphatic heterocycles. The van der Waals surface area contributed by atoms with Crippen molar-refractivity contribution in [1.29, 1.82) is 0 Å². The lowest BCUT2D eigenvalue weighted by atomic mass is 10.1. The first-order chi connectivity index (χ1) is 18.9. The van der Waals surface area contributed by atoms with Crippen molar-refractivity contribution in [3.05, 3.63) is 48.1 Å². The molecule has 0 radical (unpaired) electrons. The number of rotatable bonds is 7. The minimum absolute atomic E-state index is 0.0104. The van der Waals surface area contributed by atoms with Crippen molar-refractivity contribution in [3.63, 3.8) is 0 Å². The largest absolute Gasteiger partial charge is 0.406 e. The van der Waals surface area contributed by atoms with E-state index in [2.05, 4.69) is 25.9 Å². The van der Waals surface area contributed by atoms with E-state index in [1.807, 2.05) is 20.8 Å². The van der Waals surface area contributed by atoms with Crippen LogP contribution in [0.25, 0.3) is 22.4 Å². The quantitative estimate of drug-likeness (QED) is 0.314.